The topological polar surface area (TPSA) is 134 Å². The molecule has 0 aromatic carbocycles. The van der Waals surface area contributed by atoms with E-state index in [2.05, 4.69) is 10.6 Å². The number of carboxylic acids is 1. The molecule has 0 bridgehead atoms. The molecule has 0 radical (unpaired) electrons. The van der Waals surface area contributed by atoms with Gasteiger partial charge in [0.1, 0.15) is 6.04 Å². The van der Waals surface area contributed by atoms with Gasteiger partial charge in [0.2, 0.25) is 5.91 Å². The number of carbonyl (C=O) groups excluding carboxylic acids is 2. The lowest BCUT2D eigenvalue weighted by Gasteiger charge is -2.18. The van der Waals surface area contributed by atoms with E-state index in [0.717, 1.165) is 6.54 Å². The van der Waals surface area contributed by atoms with E-state index in [1.54, 1.807) is 7.11 Å². The van der Waals surface area contributed by atoms with Crippen molar-refractivity contribution in [1.29, 1.82) is 0 Å². The Bertz CT molecular complexity index is 351. The fraction of sp³-hybridized carbons (Fsp3) is 0.750. The average molecular weight is 304 g/mol. The molecule has 0 aromatic rings. The van der Waals surface area contributed by atoms with Gasteiger partial charge in [0.25, 0.3) is 0 Å². The van der Waals surface area contributed by atoms with Crippen LogP contribution in [0.2, 0.25) is 0 Å². The monoisotopic (exact) mass is 304 g/mol. The molecule has 0 unspecified atom stereocenters. The van der Waals surface area contributed by atoms with E-state index in [1.165, 1.54) is 0 Å². The van der Waals surface area contributed by atoms with Gasteiger partial charge in [-0.25, -0.2) is 9.59 Å². The molecular weight excluding hydrogens is 280 g/mol. The summed E-state index contributed by atoms with van der Waals surface area (Å²) in [4.78, 5) is 35.1. The number of amides is 3. The van der Waals surface area contributed by atoms with Crippen LogP contribution in [0.15, 0.2) is 0 Å². The van der Waals surface area contributed by atoms with Gasteiger partial charge in [-0.1, -0.05) is 0 Å². The quantitative estimate of drug-likeness (QED) is 0.370. The maximum atomic E-state index is 11.6. The summed E-state index contributed by atoms with van der Waals surface area (Å²) in [6.07, 6.45) is -0.136. The molecule has 0 fully saturated rings. The number of hydrogen-bond donors (Lipinski definition) is 4. The van der Waals surface area contributed by atoms with Crippen molar-refractivity contribution in [2.24, 2.45) is 5.73 Å². The van der Waals surface area contributed by atoms with E-state index in [-0.39, 0.29) is 12.8 Å². The molecule has 21 heavy (non-hydrogen) atoms. The third-order valence-corrected chi connectivity index (χ3v) is 2.74. The minimum atomic E-state index is -1.20. The van der Waals surface area contributed by atoms with E-state index in [9.17, 15) is 14.4 Å². The Hall–Kier alpha value is -1.87. The number of carbonyl (C=O) groups is 3. The smallest absolute Gasteiger partial charge is 0.326 e. The number of carboxylic acid groups (broad SMARTS) is 1. The first-order valence-electron chi connectivity index (χ1n) is 6.59. The van der Waals surface area contributed by atoms with Crippen LogP contribution in [0.1, 0.15) is 12.8 Å². The molecule has 0 aromatic heterocycles. The van der Waals surface area contributed by atoms with Crippen LogP contribution in [0.5, 0.6) is 0 Å². The lowest BCUT2D eigenvalue weighted by Crippen LogP contribution is -2.47. The maximum absolute atomic E-state index is 11.6. The Kier molecular flexibility index (Phi) is 9.90. The maximum Gasteiger partial charge on any atom is 0.326 e. The van der Waals surface area contributed by atoms with Crippen LogP contribution in [0.3, 0.4) is 0 Å². The summed E-state index contributed by atoms with van der Waals surface area (Å²) in [5.74, 6) is -1.81. The normalized spacial score (nSPS) is 12.0. The van der Waals surface area contributed by atoms with Crippen LogP contribution in [0.25, 0.3) is 0 Å². The van der Waals surface area contributed by atoms with Crippen molar-refractivity contribution in [3.05, 3.63) is 0 Å². The van der Waals surface area contributed by atoms with Crippen LogP contribution in [0, 0.1) is 0 Å². The number of aliphatic carboxylic acids is 1. The van der Waals surface area contributed by atoms with Gasteiger partial charge in [-0.2, -0.15) is 0 Å². The highest BCUT2D eigenvalue weighted by molar-refractivity contribution is 5.83. The first kappa shape index (κ1) is 19.1. The summed E-state index contributed by atoms with van der Waals surface area (Å²) >= 11 is 0. The second-order valence-electron chi connectivity index (χ2n) is 4.59. The van der Waals surface area contributed by atoms with Gasteiger partial charge in [0.05, 0.1) is 6.61 Å². The lowest BCUT2D eigenvalue weighted by atomic mass is 10.1. The zero-order valence-corrected chi connectivity index (χ0v) is 12.4. The molecule has 0 saturated heterocycles. The highest BCUT2D eigenvalue weighted by atomic mass is 16.5. The fourth-order valence-electron chi connectivity index (χ4n) is 1.47. The van der Waals surface area contributed by atoms with E-state index >= 15 is 0 Å². The number of likely N-dealkylation sites (N-methyl/N-ethyl adjacent to an activating group) is 1. The first-order chi connectivity index (χ1) is 9.86. The summed E-state index contributed by atoms with van der Waals surface area (Å²) in [5.41, 5.74) is 4.95. The number of primary amides is 1. The van der Waals surface area contributed by atoms with Gasteiger partial charge in [-0.05, 0) is 13.5 Å². The lowest BCUT2D eigenvalue weighted by molar-refractivity contribution is -0.139. The Morgan fingerprint density at radius 2 is 2.00 bits per heavy atom. The summed E-state index contributed by atoms with van der Waals surface area (Å²) in [5, 5.41) is 13.8. The first-order valence-corrected chi connectivity index (χ1v) is 6.59. The Morgan fingerprint density at radius 1 is 1.33 bits per heavy atom. The molecule has 0 aliphatic carbocycles. The van der Waals surface area contributed by atoms with Crippen molar-refractivity contribution >= 4 is 17.9 Å². The fourth-order valence-corrected chi connectivity index (χ4v) is 1.47. The second-order valence-corrected chi connectivity index (χ2v) is 4.59. The zero-order valence-electron chi connectivity index (χ0n) is 12.4. The van der Waals surface area contributed by atoms with Crippen molar-refractivity contribution in [1.82, 2.24) is 15.5 Å². The second kappa shape index (κ2) is 10.9. The third kappa shape index (κ3) is 10.6. The number of hydrogen-bond acceptors (Lipinski definition) is 5. The van der Waals surface area contributed by atoms with Crippen LogP contribution >= 0.6 is 0 Å². The van der Waals surface area contributed by atoms with E-state index < -0.39 is 23.9 Å². The molecule has 0 saturated carbocycles. The molecular formula is C12H24N4O5. The van der Waals surface area contributed by atoms with Gasteiger partial charge in [0.15, 0.2) is 0 Å². The molecule has 0 rings (SSSR count). The molecule has 1 atom stereocenters. The Morgan fingerprint density at radius 3 is 2.52 bits per heavy atom. The molecule has 3 amide bonds. The van der Waals surface area contributed by atoms with Crippen molar-refractivity contribution in [2.75, 3.05) is 40.4 Å². The number of rotatable bonds is 11. The van der Waals surface area contributed by atoms with Crippen LogP contribution < -0.4 is 16.4 Å². The molecule has 5 N–H and O–H groups in total. The molecule has 0 aliphatic heterocycles. The standard InChI is InChI=1S/C12H24N4O5/c1-16(7-8-21-2)6-5-14-12(20)15-9(11(18)19)3-4-10(13)17/h9H,3-8H2,1-2H3,(H2,13,17)(H,18,19)(H2,14,15,20)/t9-/m1/s1. The minimum absolute atomic E-state index is 0.0359. The number of methoxy groups -OCH3 is 1. The number of ether oxygens (including phenoxy) is 1. The van der Waals surface area contributed by atoms with Crippen LogP contribution in [-0.4, -0.2) is 74.4 Å². The summed E-state index contributed by atoms with van der Waals surface area (Å²) in [7, 11) is 3.49. The zero-order chi connectivity index (χ0) is 16.3. The van der Waals surface area contributed by atoms with Crippen molar-refractivity contribution < 1.29 is 24.2 Å². The number of urea groups is 1. The average Bonchev–Trinajstić information content (AvgIpc) is 2.40. The number of nitrogens with two attached hydrogens (primary N) is 1. The van der Waals surface area contributed by atoms with E-state index in [4.69, 9.17) is 15.6 Å². The molecule has 9 nitrogen and oxygen atoms in total. The van der Waals surface area contributed by atoms with Crippen molar-refractivity contribution in [2.45, 2.75) is 18.9 Å². The largest absolute Gasteiger partial charge is 0.480 e. The summed E-state index contributed by atoms with van der Waals surface area (Å²) < 4.78 is 4.92. The SMILES string of the molecule is COCCN(C)CCNC(=O)N[C@H](CCC(N)=O)C(=O)O. The predicted octanol–water partition coefficient (Wildman–Crippen LogP) is -1.42. The summed E-state index contributed by atoms with van der Waals surface area (Å²) in [6.45, 7) is 2.30. The molecule has 0 heterocycles. The van der Waals surface area contributed by atoms with Gasteiger partial charge in [0, 0.05) is 33.2 Å². The van der Waals surface area contributed by atoms with E-state index in [0.29, 0.717) is 19.7 Å². The number of nitrogens with zero attached hydrogens (tertiary/aromatic N) is 1. The summed E-state index contributed by atoms with van der Waals surface area (Å²) in [6, 6.07) is -1.73. The van der Waals surface area contributed by atoms with Crippen molar-refractivity contribution in [3.8, 4) is 0 Å². The van der Waals surface area contributed by atoms with Gasteiger partial charge >= 0.3 is 12.0 Å². The van der Waals surface area contributed by atoms with Gasteiger partial charge in [-0.15, -0.1) is 0 Å². The molecule has 0 aliphatic rings. The third-order valence-electron chi connectivity index (χ3n) is 2.74. The predicted molar refractivity (Wildman–Crippen MR) is 75.8 cm³/mol. The molecule has 0 spiro atoms. The minimum Gasteiger partial charge on any atom is -0.480 e. The van der Waals surface area contributed by atoms with Crippen LogP contribution in [-0.2, 0) is 14.3 Å². The highest BCUT2D eigenvalue weighted by Crippen LogP contribution is 1.97. The van der Waals surface area contributed by atoms with Crippen LogP contribution in [0.4, 0.5) is 4.79 Å². The Labute approximate surface area is 123 Å². The molecule has 122 valence electrons. The van der Waals surface area contributed by atoms with Gasteiger partial charge in [-0.3, -0.25) is 4.79 Å². The van der Waals surface area contributed by atoms with E-state index in [1.807, 2.05) is 11.9 Å². The number of nitrogens with one attached hydrogen (secondary N) is 2. The molecule has 9 heteroatoms. The van der Waals surface area contributed by atoms with Gasteiger partial charge < -0.3 is 31.1 Å². The highest BCUT2D eigenvalue weighted by Gasteiger charge is 2.20. The van der Waals surface area contributed by atoms with Crippen molar-refractivity contribution in [3.63, 3.8) is 0 Å². The Balaban J connectivity index is 3.98.